The van der Waals surface area contributed by atoms with Gasteiger partial charge in [0.05, 0.1) is 19.2 Å². The van der Waals surface area contributed by atoms with Gasteiger partial charge in [0.2, 0.25) is 0 Å². The van der Waals surface area contributed by atoms with Gasteiger partial charge in [0.1, 0.15) is 5.75 Å². The van der Waals surface area contributed by atoms with Crippen molar-refractivity contribution in [3.63, 3.8) is 0 Å². The number of aliphatic carboxylic acids is 1. The van der Waals surface area contributed by atoms with Crippen LogP contribution in [-0.4, -0.2) is 30.8 Å². The fourth-order valence-corrected chi connectivity index (χ4v) is 2.06. The highest BCUT2D eigenvalue weighted by Gasteiger charge is 2.17. The van der Waals surface area contributed by atoms with E-state index in [1.54, 1.807) is 13.2 Å². The molecule has 0 bridgehead atoms. The molecule has 0 aliphatic carbocycles. The Morgan fingerprint density at radius 2 is 2.11 bits per heavy atom. The third-order valence-electron chi connectivity index (χ3n) is 2.96. The van der Waals surface area contributed by atoms with Gasteiger partial charge in [0.15, 0.2) is 0 Å². The zero-order chi connectivity index (χ0) is 14.6. The molecule has 0 saturated heterocycles. The van der Waals surface area contributed by atoms with Gasteiger partial charge in [-0.2, -0.15) is 0 Å². The van der Waals surface area contributed by atoms with E-state index in [1.807, 2.05) is 31.7 Å². The van der Waals surface area contributed by atoms with Crippen molar-refractivity contribution in [1.29, 1.82) is 0 Å². The van der Waals surface area contributed by atoms with Gasteiger partial charge in [-0.25, -0.2) is 0 Å². The van der Waals surface area contributed by atoms with Gasteiger partial charge in [0.25, 0.3) is 0 Å². The van der Waals surface area contributed by atoms with Crippen molar-refractivity contribution < 1.29 is 14.6 Å². The van der Waals surface area contributed by atoms with Crippen LogP contribution in [0.2, 0.25) is 5.02 Å². The van der Waals surface area contributed by atoms with Crippen molar-refractivity contribution >= 4 is 23.3 Å². The second kappa shape index (κ2) is 6.66. The highest BCUT2D eigenvalue weighted by atomic mass is 35.5. The summed E-state index contributed by atoms with van der Waals surface area (Å²) in [5.74, 6) is -0.148. The van der Waals surface area contributed by atoms with E-state index in [9.17, 15) is 4.79 Å². The predicted molar refractivity (Wildman–Crippen MR) is 77.5 cm³/mol. The van der Waals surface area contributed by atoms with Crippen molar-refractivity contribution in [2.75, 3.05) is 18.6 Å². The van der Waals surface area contributed by atoms with Gasteiger partial charge in [-0.1, -0.05) is 11.6 Å². The zero-order valence-corrected chi connectivity index (χ0v) is 12.5. The van der Waals surface area contributed by atoms with Crippen molar-refractivity contribution in [2.45, 2.75) is 33.2 Å². The Hall–Kier alpha value is -1.42. The van der Waals surface area contributed by atoms with E-state index in [2.05, 4.69) is 0 Å². The van der Waals surface area contributed by atoms with Crippen LogP contribution in [0.25, 0.3) is 0 Å². The number of hydrogen-bond donors (Lipinski definition) is 1. The van der Waals surface area contributed by atoms with Gasteiger partial charge in [-0.3, -0.25) is 4.79 Å². The second-order valence-corrected chi connectivity index (χ2v) is 5.11. The van der Waals surface area contributed by atoms with E-state index in [-0.39, 0.29) is 12.5 Å². The number of carboxylic acid groups (broad SMARTS) is 1. The average Bonchev–Trinajstić information content (AvgIpc) is 2.32. The average molecular weight is 286 g/mol. The lowest BCUT2D eigenvalue weighted by Crippen LogP contribution is -2.33. The molecule has 0 spiro atoms. The van der Waals surface area contributed by atoms with E-state index in [0.717, 1.165) is 11.3 Å². The van der Waals surface area contributed by atoms with E-state index in [1.165, 1.54) is 0 Å². The molecule has 0 fully saturated rings. The first-order valence-electron chi connectivity index (χ1n) is 6.19. The third-order valence-corrected chi connectivity index (χ3v) is 3.37. The Morgan fingerprint density at radius 3 is 2.58 bits per heavy atom. The number of rotatable bonds is 6. The number of nitrogens with zero attached hydrogens (tertiary/aromatic N) is 1. The summed E-state index contributed by atoms with van der Waals surface area (Å²) in [6, 6.07) is 3.87. The predicted octanol–water partition coefficient (Wildman–Crippen LogP) is 3.35. The summed E-state index contributed by atoms with van der Waals surface area (Å²) >= 11 is 6.08. The van der Waals surface area contributed by atoms with Crippen LogP contribution in [0.1, 0.15) is 25.8 Å². The van der Waals surface area contributed by atoms with Crippen LogP contribution in [-0.2, 0) is 4.79 Å². The first-order chi connectivity index (χ1) is 8.86. The maximum Gasteiger partial charge on any atom is 0.305 e. The lowest BCUT2D eigenvalue weighted by Gasteiger charge is -2.30. The van der Waals surface area contributed by atoms with Crippen LogP contribution in [0.3, 0.4) is 0 Å². The number of hydrogen-bond acceptors (Lipinski definition) is 3. The van der Waals surface area contributed by atoms with Crippen LogP contribution < -0.4 is 9.64 Å². The van der Waals surface area contributed by atoms with Gasteiger partial charge < -0.3 is 14.7 Å². The number of carboxylic acids is 1. The Kier molecular flexibility index (Phi) is 5.48. The smallest absolute Gasteiger partial charge is 0.305 e. The first kappa shape index (κ1) is 15.6. The molecule has 0 radical (unpaired) electrons. The molecule has 1 N–H and O–H groups in total. The van der Waals surface area contributed by atoms with Crippen molar-refractivity contribution in [1.82, 2.24) is 0 Å². The minimum atomic E-state index is -0.810. The number of methoxy groups -OCH3 is 1. The van der Waals surface area contributed by atoms with Crippen LogP contribution in [0.4, 0.5) is 5.69 Å². The number of aryl methyl sites for hydroxylation is 1. The van der Waals surface area contributed by atoms with Crippen molar-refractivity contribution in [3.8, 4) is 5.75 Å². The molecule has 0 amide bonds. The van der Waals surface area contributed by atoms with E-state index < -0.39 is 5.97 Å². The van der Waals surface area contributed by atoms with Crippen LogP contribution in [0, 0.1) is 6.92 Å². The second-order valence-electron chi connectivity index (χ2n) is 4.70. The summed E-state index contributed by atoms with van der Waals surface area (Å²) in [5.41, 5.74) is 1.82. The molecule has 1 aromatic rings. The van der Waals surface area contributed by atoms with Gasteiger partial charge in [-0.15, -0.1) is 0 Å². The fourth-order valence-electron chi connectivity index (χ4n) is 1.91. The summed E-state index contributed by atoms with van der Waals surface area (Å²) in [4.78, 5) is 12.8. The lowest BCUT2D eigenvalue weighted by atomic mass is 10.1. The molecule has 0 aliphatic heterocycles. The summed E-state index contributed by atoms with van der Waals surface area (Å²) in [6.45, 7) is 6.39. The highest BCUT2D eigenvalue weighted by Crippen LogP contribution is 2.34. The summed E-state index contributed by atoms with van der Waals surface area (Å²) in [6.07, 6.45) is 0.0863. The van der Waals surface area contributed by atoms with Gasteiger partial charge in [-0.05, 0) is 32.4 Å². The summed E-state index contributed by atoms with van der Waals surface area (Å²) in [5, 5.41) is 9.48. The van der Waals surface area contributed by atoms with Crippen molar-refractivity contribution in [2.24, 2.45) is 0 Å². The normalized spacial score (nSPS) is 10.6. The van der Waals surface area contributed by atoms with Crippen LogP contribution >= 0.6 is 11.6 Å². The minimum absolute atomic E-state index is 0.0863. The quantitative estimate of drug-likeness (QED) is 0.871. The lowest BCUT2D eigenvalue weighted by molar-refractivity contribution is -0.136. The Bertz CT molecular complexity index is 460. The van der Waals surface area contributed by atoms with Gasteiger partial charge >= 0.3 is 5.97 Å². The van der Waals surface area contributed by atoms with Crippen LogP contribution in [0.15, 0.2) is 12.1 Å². The zero-order valence-electron chi connectivity index (χ0n) is 11.7. The number of ether oxygens (including phenoxy) is 1. The van der Waals surface area contributed by atoms with Crippen LogP contribution in [0.5, 0.6) is 5.75 Å². The van der Waals surface area contributed by atoms with E-state index >= 15 is 0 Å². The Labute approximate surface area is 118 Å². The maximum absolute atomic E-state index is 10.8. The molecule has 1 rings (SSSR count). The summed E-state index contributed by atoms with van der Waals surface area (Å²) in [7, 11) is 1.58. The Balaban J connectivity index is 3.14. The highest BCUT2D eigenvalue weighted by molar-refractivity contribution is 6.31. The number of halogens is 1. The first-order valence-corrected chi connectivity index (χ1v) is 6.57. The molecule has 106 valence electrons. The molecule has 0 unspecified atom stereocenters. The van der Waals surface area contributed by atoms with Gasteiger partial charge in [0, 0.05) is 23.7 Å². The fraction of sp³-hybridized carbons (Fsp3) is 0.500. The standard InChI is InChI=1S/C14H20ClNO3/c1-9(2)16(6-5-14(17)18)12-7-10(3)11(15)8-13(12)19-4/h7-9H,5-6H2,1-4H3,(H,17,18). The van der Waals surface area contributed by atoms with E-state index in [0.29, 0.717) is 17.3 Å². The SMILES string of the molecule is COc1cc(Cl)c(C)cc1N(CCC(=O)O)C(C)C. The largest absolute Gasteiger partial charge is 0.495 e. The molecule has 5 heteroatoms. The molecule has 1 aromatic carbocycles. The monoisotopic (exact) mass is 285 g/mol. The number of carbonyl (C=O) groups is 1. The molecular formula is C14H20ClNO3. The van der Waals surface area contributed by atoms with E-state index in [4.69, 9.17) is 21.4 Å². The third kappa shape index (κ3) is 4.03. The minimum Gasteiger partial charge on any atom is -0.495 e. The molecule has 0 heterocycles. The molecule has 0 saturated carbocycles. The molecule has 19 heavy (non-hydrogen) atoms. The molecular weight excluding hydrogens is 266 g/mol. The molecule has 0 atom stereocenters. The molecule has 0 aliphatic rings. The molecule has 4 nitrogen and oxygen atoms in total. The topological polar surface area (TPSA) is 49.8 Å². The molecule has 0 aromatic heterocycles. The number of benzene rings is 1. The number of anilines is 1. The Morgan fingerprint density at radius 1 is 1.47 bits per heavy atom. The summed E-state index contributed by atoms with van der Waals surface area (Å²) < 4.78 is 5.35. The maximum atomic E-state index is 10.8. The van der Waals surface area contributed by atoms with Crippen molar-refractivity contribution in [3.05, 3.63) is 22.7 Å².